The van der Waals surface area contributed by atoms with Gasteiger partial charge in [-0.05, 0) is 55.2 Å². The number of nitrogens with zero attached hydrogens (tertiary/aromatic N) is 2. The lowest BCUT2D eigenvalue weighted by molar-refractivity contribution is -0.146. The second-order valence-corrected chi connectivity index (χ2v) is 13.7. The Bertz CT molecular complexity index is 1780. The molecule has 2 unspecified atom stereocenters. The molecule has 2 aromatic carbocycles. The van der Waals surface area contributed by atoms with Gasteiger partial charge in [-0.1, -0.05) is 86.9 Å². The summed E-state index contributed by atoms with van der Waals surface area (Å²) in [5.74, 6) is -3.45. The molecule has 1 aliphatic carbocycles. The third-order valence-electron chi connectivity index (χ3n) is 7.15. The number of aromatic nitrogens is 2. The maximum Gasteiger partial charge on any atom is 0.330 e. The van der Waals surface area contributed by atoms with Crippen molar-refractivity contribution in [1.82, 2.24) is 9.72 Å². The molecule has 2 aromatic heterocycles. The van der Waals surface area contributed by atoms with E-state index in [0.717, 1.165) is 0 Å². The topological polar surface area (TPSA) is 112 Å². The number of esters is 1. The van der Waals surface area contributed by atoms with Crippen molar-refractivity contribution in [3.8, 4) is 11.3 Å². The van der Waals surface area contributed by atoms with Gasteiger partial charge < -0.3 is 14.4 Å². The molecule has 0 radical (unpaired) electrons. The van der Waals surface area contributed by atoms with Crippen molar-refractivity contribution in [3.63, 3.8) is 0 Å². The van der Waals surface area contributed by atoms with Gasteiger partial charge in [0.05, 0.1) is 21.5 Å². The highest BCUT2D eigenvalue weighted by molar-refractivity contribution is 6.67. The molecule has 14 heteroatoms. The van der Waals surface area contributed by atoms with Gasteiger partial charge in [0.2, 0.25) is 3.79 Å². The third kappa shape index (κ3) is 6.41. The van der Waals surface area contributed by atoms with Crippen molar-refractivity contribution in [2.24, 2.45) is 5.92 Å². The third-order valence-corrected chi connectivity index (χ3v) is 8.29. The maximum atomic E-state index is 14.4. The van der Waals surface area contributed by atoms with E-state index in [1.807, 2.05) is 0 Å². The lowest BCUT2D eigenvalue weighted by Gasteiger charge is -2.31. The number of hydrogen-bond donors (Lipinski definition) is 1. The molecule has 4 aromatic rings. The Hall–Kier alpha value is -2.72. The maximum absolute atomic E-state index is 14.4. The summed E-state index contributed by atoms with van der Waals surface area (Å²) in [5.41, 5.74) is 2.17. The van der Waals surface area contributed by atoms with Gasteiger partial charge in [0.1, 0.15) is 17.9 Å². The van der Waals surface area contributed by atoms with Crippen LogP contribution in [0.4, 0.5) is 0 Å². The summed E-state index contributed by atoms with van der Waals surface area (Å²) in [6.07, 6.45) is 5.26. The lowest BCUT2D eigenvalue weighted by Crippen LogP contribution is -2.32. The van der Waals surface area contributed by atoms with Gasteiger partial charge in [-0.15, -0.1) is 0 Å². The fourth-order valence-electron chi connectivity index (χ4n) is 5.11. The Morgan fingerprint density at radius 1 is 1.14 bits per heavy atom. The van der Waals surface area contributed by atoms with Crippen LogP contribution in [0.25, 0.3) is 28.2 Å². The minimum atomic E-state index is -1.75. The van der Waals surface area contributed by atoms with E-state index in [9.17, 15) is 19.5 Å². The number of benzene rings is 2. The number of halogens is 6. The number of aryl methyl sites for hydroxylation is 1. The summed E-state index contributed by atoms with van der Waals surface area (Å²) in [6, 6.07) is 8.13. The molecular formula is C29H20Cl6N2O6. The summed E-state index contributed by atoms with van der Waals surface area (Å²) in [4.78, 5) is 38.5. The number of rotatable bonds is 7. The van der Waals surface area contributed by atoms with E-state index in [4.69, 9.17) is 78.9 Å². The van der Waals surface area contributed by atoms with E-state index in [0.29, 0.717) is 34.9 Å². The zero-order valence-corrected chi connectivity index (χ0v) is 26.6. The highest BCUT2D eigenvalue weighted by Gasteiger charge is 2.44. The summed E-state index contributed by atoms with van der Waals surface area (Å²) >= 11 is 36.1. The Kier molecular flexibility index (Phi) is 9.10. The van der Waals surface area contributed by atoms with Crippen LogP contribution in [0.2, 0.25) is 15.1 Å². The first-order valence-electron chi connectivity index (χ1n) is 12.7. The smallest absolute Gasteiger partial charge is 0.330 e. The number of aliphatic carboxylic acids is 1. The van der Waals surface area contributed by atoms with Gasteiger partial charge in [-0.25, -0.2) is 4.79 Å². The summed E-state index contributed by atoms with van der Waals surface area (Å²) in [6.45, 7) is 1.38. The van der Waals surface area contributed by atoms with E-state index in [1.54, 1.807) is 31.3 Å². The fraction of sp³-hybridized carbons (Fsp3) is 0.241. The van der Waals surface area contributed by atoms with Crippen molar-refractivity contribution in [3.05, 3.63) is 80.1 Å². The number of ether oxygens (including phenoxy) is 1. The van der Waals surface area contributed by atoms with Gasteiger partial charge >= 0.3 is 11.9 Å². The van der Waals surface area contributed by atoms with Crippen molar-refractivity contribution in [1.29, 1.82) is 0 Å². The molecule has 2 atom stereocenters. The van der Waals surface area contributed by atoms with Gasteiger partial charge in [0.25, 0.3) is 5.91 Å². The molecule has 0 aliphatic heterocycles. The van der Waals surface area contributed by atoms with Crippen molar-refractivity contribution in [2.75, 3.05) is 6.61 Å². The molecule has 0 amide bonds. The van der Waals surface area contributed by atoms with Crippen LogP contribution in [-0.4, -0.2) is 43.1 Å². The first-order valence-corrected chi connectivity index (χ1v) is 15.0. The first-order chi connectivity index (χ1) is 20.3. The Labute approximate surface area is 275 Å². The molecular weight excluding hydrogens is 685 g/mol. The van der Waals surface area contributed by atoms with Crippen LogP contribution in [0.15, 0.2) is 47.1 Å². The molecule has 8 nitrogen and oxygen atoms in total. The number of carbonyl (C=O) groups is 3. The summed E-state index contributed by atoms with van der Waals surface area (Å²) in [5, 5.41) is 15.1. The average molecular weight is 705 g/mol. The zero-order chi connectivity index (χ0) is 31.2. The molecule has 224 valence electrons. The molecule has 1 aliphatic rings. The molecule has 0 saturated heterocycles. The molecule has 43 heavy (non-hydrogen) atoms. The number of carboxylic acids is 1. The van der Waals surface area contributed by atoms with E-state index in [1.165, 1.54) is 28.9 Å². The van der Waals surface area contributed by atoms with Crippen LogP contribution in [-0.2, 0) is 14.3 Å². The summed E-state index contributed by atoms with van der Waals surface area (Å²) < 4.78 is 10.3. The second kappa shape index (κ2) is 12.3. The first kappa shape index (κ1) is 31.7. The molecule has 5 rings (SSSR count). The van der Waals surface area contributed by atoms with E-state index >= 15 is 0 Å². The van der Waals surface area contributed by atoms with E-state index < -0.39 is 40.1 Å². The van der Waals surface area contributed by atoms with Gasteiger partial charge in [-0.2, -0.15) is 0 Å². The quantitative estimate of drug-likeness (QED) is 0.116. The summed E-state index contributed by atoms with van der Waals surface area (Å²) in [7, 11) is 0. The molecule has 0 spiro atoms. The molecule has 1 N–H and O–H groups in total. The van der Waals surface area contributed by atoms with Crippen LogP contribution in [0.3, 0.4) is 0 Å². The van der Waals surface area contributed by atoms with Crippen molar-refractivity contribution >= 4 is 104 Å². The number of fused-ring (bicyclic) bond motifs is 1. The van der Waals surface area contributed by atoms with Crippen LogP contribution < -0.4 is 0 Å². The highest BCUT2D eigenvalue weighted by atomic mass is 35.6. The number of carbonyl (C=O) groups excluding carboxylic acids is 2. The molecule has 1 saturated carbocycles. The number of carboxylic acid groups (broad SMARTS) is 1. The standard InChI is InChI=1S/C29H20Cl6N2O6/c1-13-11-37(20-4-2-3-14(22(13)20)5-8-21(38)42-12-29(33,34)35)27(39)24-25(23-18(31)9-15(30)10-19(23)32)36-43-26(24)16-6-7-17(16)28(40)41/h2-5,8-11,16-17H,6-7,12H2,1H3,(H,40,41)/b8-5+. The van der Waals surface area contributed by atoms with E-state index in [-0.39, 0.29) is 37.6 Å². The van der Waals surface area contributed by atoms with Gasteiger partial charge in [-0.3, -0.25) is 14.2 Å². The van der Waals surface area contributed by atoms with E-state index in [2.05, 4.69) is 5.16 Å². The SMILES string of the molecule is Cc1cn(C(=O)c2c(-c3c(Cl)cc(Cl)cc3Cl)noc2C2CCC2C(=O)O)c2cccc(/C=C/C(=O)OCC(Cl)(Cl)Cl)c12. The van der Waals surface area contributed by atoms with Crippen LogP contribution in [0.1, 0.15) is 46.0 Å². The highest BCUT2D eigenvalue weighted by Crippen LogP contribution is 2.48. The molecule has 1 fully saturated rings. The van der Waals surface area contributed by atoms with Crippen LogP contribution in [0.5, 0.6) is 0 Å². The Morgan fingerprint density at radius 3 is 2.44 bits per heavy atom. The second-order valence-electron chi connectivity index (χ2n) is 9.93. The fourth-order valence-corrected chi connectivity index (χ4v) is 6.27. The Morgan fingerprint density at radius 2 is 1.84 bits per heavy atom. The van der Waals surface area contributed by atoms with Gasteiger partial charge in [0.15, 0.2) is 5.76 Å². The minimum absolute atomic E-state index is 0.0372. The van der Waals surface area contributed by atoms with Crippen molar-refractivity contribution < 1.29 is 28.8 Å². The largest absolute Gasteiger partial charge is 0.481 e. The number of alkyl halides is 3. The van der Waals surface area contributed by atoms with Crippen molar-refractivity contribution in [2.45, 2.75) is 29.5 Å². The zero-order valence-electron chi connectivity index (χ0n) is 22.0. The average Bonchev–Trinajstić information content (AvgIpc) is 3.45. The number of hydrogen-bond acceptors (Lipinski definition) is 6. The lowest BCUT2D eigenvalue weighted by atomic mass is 9.71. The van der Waals surface area contributed by atoms with Crippen LogP contribution >= 0.6 is 69.6 Å². The Balaban J connectivity index is 1.61. The predicted molar refractivity (Wildman–Crippen MR) is 167 cm³/mol. The normalized spacial score (nSPS) is 16.9. The van der Waals surface area contributed by atoms with Gasteiger partial charge in [0, 0.05) is 34.2 Å². The monoisotopic (exact) mass is 702 g/mol. The molecule has 0 bridgehead atoms. The minimum Gasteiger partial charge on any atom is -0.481 e. The predicted octanol–water partition coefficient (Wildman–Crippen LogP) is 8.76. The molecule has 2 heterocycles. The van der Waals surface area contributed by atoms with Crippen LogP contribution in [0, 0.1) is 12.8 Å².